The summed E-state index contributed by atoms with van der Waals surface area (Å²) in [4.78, 5) is 25.9. The number of nitrogens with one attached hydrogen (secondary N) is 1. The van der Waals surface area contributed by atoms with Crippen LogP contribution in [0.1, 0.15) is 28.8 Å². The van der Waals surface area contributed by atoms with E-state index in [0.717, 1.165) is 17.7 Å². The molecule has 1 N–H and O–H groups in total. The average molecular weight is 433 g/mol. The van der Waals surface area contributed by atoms with Gasteiger partial charge in [-0.3, -0.25) is 9.59 Å². The maximum absolute atomic E-state index is 12.4. The molecule has 0 radical (unpaired) electrons. The van der Waals surface area contributed by atoms with Crippen LogP contribution in [0.25, 0.3) is 0 Å². The van der Waals surface area contributed by atoms with E-state index in [1.165, 1.54) is 6.21 Å². The molecule has 1 fully saturated rings. The second-order valence-corrected chi connectivity index (χ2v) is 7.12. The third-order valence-corrected chi connectivity index (χ3v) is 4.99. The first-order valence-electron chi connectivity index (χ1n) is 10.2. The number of rotatable bonds is 8. The molecule has 1 aromatic heterocycles. The lowest BCUT2D eigenvalue weighted by Gasteiger charge is -2.15. The van der Waals surface area contributed by atoms with Crippen molar-refractivity contribution in [2.24, 2.45) is 5.10 Å². The third-order valence-electron chi connectivity index (χ3n) is 4.99. The van der Waals surface area contributed by atoms with Crippen molar-refractivity contribution in [3.8, 4) is 11.5 Å². The number of carbonyl (C=O) groups excluding carboxylic acids is 2. The zero-order valence-corrected chi connectivity index (χ0v) is 17.6. The summed E-state index contributed by atoms with van der Waals surface area (Å²) >= 11 is 0. The summed E-state index contributed by atoms with van der Waals surface area (Å²) in [6, 6.07) is 14.0. The number of hydrogen-bond acceptors (Lipinski definition) is 6. The molecule has 9 heteroatoms. The minimum absolute atomic E-state index is 0.110. The molecule has 0 spiro atoms. The second kappa shape index (κ2) is 9.78. The largest absolute Gasteiger partial charge is 0.493 e. The SMILES string of the molecule is COc1ccc(/C=N/NC(=O)c2ccc(N3CCCC3=O)cc2)cc1OCn1cccn1. The summed E-state index contributed by atoms with van der Waals surface area (Å²) in [5.74, 6) is 0.878. The van der Waals surface area contributed by atoms with Crippen LogP contribution in [0.5, 0.6) is 11.5 Å². The van der Waals surface area contributed by atoms with Gasteiger partial charge in [0.1, 0.15) is 0 Å². The monoisotopic (exact) mass is 433 g/mol. The first kappa shape index (κ1) is 21.1. The first-order chi connectivity index (χ1) is 15.6. The van der Waals surface area contributed by atoms with Gasteiger partial charge in [0, 0.05) is 36.6 Å². The highest BCUT2D eigenvalue weighted by molar-refractivity contribution is 5.97. The maximum Gasteiger partial charge on any atom is 0.271 e. The summed E-state index contributed by atoms with van der Waals surface area (Å²) < 4.78 is 12.7. The van der Waals surface area contributed by atoms with Crippen molar-refractivity contribution >= 4 is 23.7 Å². The Bertz CT molecular complexity index is 1110. The van der Waals surface area contributed by atoms with Gasteiger partial charge in [-0.15, -0.1) is 0 Å². The van der Waals surface area contributed by atoms with E-state index >= 15 is 0 Å². The highest BCUT2D eigenvalue weighted by Crippen LogP contribution is 2.28. The normalized spacial score (nSPS) is 13.5. The molecular weight excluding hydrogens is 410 g/mol. The molecule has 2 aromatic carbocycles. The molecule has 2 amide bonds. The van der Waals surface area contributed by atoms with E-state index in [0.29, 0.717) is 30.0 Å². The maximum atomic E-state index is 12.4. The summed E-state index contributed by atoms with van der Waals surface area (Å²) in [5, 5.41) is 8.13. The van der Waals surface area contributed by atoms with Gasteiger partial charge in [0.15, 0.2) is 18.2 Å². The summed E-state index contributed by atoms with van der Waals surface area (Å²) in [6.45, 7) is 0.948. The fourth-order valence-corrected chi connectivity index (χ4v) is 3.34. The molecule has 0 aliphatic carbocycles. The van der Waals surface area contributed by atoms with Gasteiger partial charge in [0.25, 0.3) is 5.91 Å². The molecule has 0 saturated carbocycles. The van der Waals surface area contributed by atoms with E-state index in [4.69, 9.17) is 9.47 Å². The van der Waals surface area contributed by atoms with E-state index in [1.807, 2.05) is 6.07 Å². The second-order valence-electron chi connectivity index (χ2n) is 7.12. The minimum atomic E-state index is -0.343. The van der Waals surface area contributed by atoms with Gasteiger partial charge >= 0.3 is 0 Å². The number of benzene rings is 2. The average Bonchev–Trinajstić information content (AvgIpc) is 3.49. The number of anilines is 1. The van der Waals surface area contributed by atoms with E-state index in [2.05, 4.69) is 15.6 Å². The van der Waals surface area contributed by atoms with Crippen molar-refractivity contribution < 1.29 is 19.1 Å². The van der Waals surface area contributed by atoms with Crippen LogP contribution in [0.15, 0.2) is 66.0 Å². The van der Waals surface area contributed by atoms with Gasteiger partial charge in [0.05, 0.1) is 13.3 Å². The van der Waals surface area contributed by atoms with Crippen molar-refractivity contribution in [2.75, 3.05) is 18.6 Å². The van der Waals surface area contributed by atoms with Gasteiger partial charge in [-0.2, -0.15) is 10.2 Å². The Morgan fingerprint density at radius 1 is 1.22 bits per heavy atom. The van der Waals surface area contributed by atoms with Gasteiger partial charge in [0.2, 0.25) is 5.91 Å². The fourth-order valence-electron chi connectivity index (χ4n) is 3.34. The molecule has 1 saturated heterocycles. The predicted molar refractivity (Wildman–Crippen MR) is 119 cm³/mol. The summed E-state index contributed by atoms with van der Waals surface area (Å²) in [6.07, 6.45) is 6.42. The molecule has 32 heavy (non-hydrogen) atoms. The lowest BCUT2D eigenvalue weighted by Crippen LogP contribution is -2.24. The topological polar surface area (TPSA) is 98.0 Å². The lowest BCUT2D eigenvalue weighted by molar-refractivity contribution is -0.117. The zero-order chi connectivity index (χ0) is 22.3. The Kier molecular flexibility index (Phi) is 6.45. The quantitative estimate of drug-likeness (QED) is 0.435. The molecule has 2 heterocycles. The van der Waals surface area contributed by atoms with E-state index < -0.39 is 0 Å². The fraction of sp³-hybridized carbons (Fsp3) is 0.217. The Balaban J connectivity index is 1.37. The Hall–Kier alpha value is -4.14. The number of methoxy groups -OCH3 is 1. The van der Waals surface area contributed by atoms with Crippen LogP contribution < -0.4 is 19.8 Å². The summed E-state index contributed by atoms with van der Waals surface area (Å²) in [5.41, 5.74) is 4.49. The number of aromatic nitrogens is 2. The third kappa shape index (κ3) is 4.94. The number of amides is 2. The predicted octanol–water partition coefficient (Wildman–Crippen LogP) is 2.82. The Morgan fingerprint density at radius 3 is 2.75 bits per heavy atom. The molecule has 4 rings (SSSR count). The first-order valence-corrected chi connectivity index (χ1v) is 10.2. The lowest BCUT2D eigenvalue weighted by atomic mass is 10.2. The molecule has 0 atom stereocenters. The van der Waals surface area contributed by atoms with Gasteiger partial charge < -0.3 is 14.4 Å². The van der Waals surface area contributed by atoms with Gasteiger partial charge in [-0.25, -0.2) is 10.1 Å². The van der Waals surface area contributed by atoms with E-state index in [9.17, 15) is 9.59 Å². The standard InChI is InChI=1S/C23H23N5O4/c1-31-20-10-5-17(14-21(20)32-16-27-12-3-11-25-27)15-24-26-23(30)18-6-8-19(9-7-18)28-13-2-4-22(28)29/h3,5-12,14-15H,2,4,13,16H2,1H3,(H,26,30)/b24-15+. The van der Waals surface area contributed by atoms with E-state index in [1.54, 1.807) is 71.5 Å². The molecule has 3 aromatic rings. The Morgan fingerprint density at radius 2 is 2.06 bits per heavy atom. The van der Waals surface area contributed by atoms with Crippen molar-refractivity contribution in [3.05, 3.63) is 72.1 Å². The highest BCUT2D eigenvalue weighted by Gasteiger charge is 2.21. The smallest absolute Gasteiger partial charge is 0.271 e. The number of nitrogens with zero attached hydrogens (tertiary/aromatic N) is 4. The van der Waals surface area contributed by atoms with Crippen molar-refractivity contribution in [1.29, 1.82) is 0 Å². The molecule has 0 unspecified atom stereocenters. The van der Waals surface area contributed by atoms with Crippen molar-refractivity contribution in [3.63, 3.8) is 0 Å². The van der Waals surface area contributed by atoms with Crippen molar-refractivity contribution in [1.82, 2.24) is 15.2 Å². The molecule has 0 bridgehead atoms. The molecule has 9 nitrogen and oxygen atoms in total. The van der Waals surface area contributed by atoms with Gasteiger partial charge in [-0.1, -0.05) is 0 Å². The Labute approximate surface area is 185 Å². The molecule has 1 aliphatic rings. The van der Waals surface area contributed by atoms with Crippen LogP contribution in [-0.2, 0) is 11.5 Å². The molecule has 1 aliphatic heterocycles. The van der Waals surface area contributed by atoms with Crippen LogP contribution in [0.2, 0.25) is 0 Å². The van der Waals surface area contributed by atoms with Crippen LogP contribution in [0, 0.1) is 0 Å². The number of hydrazone groups is 1. The number of ether oxygens (including phenoxy) is 2. The zero-order valence-electron chi connectivity index (χ0n) is 17.6. The highest BCUT2D eigenvalue weighted by atomic mass is 16.5. The molecular formula is C23H23N5O4. The minimum Gasteiger partial charge on any atom is -0.493 e. The van der Waals surface area contributed by atoms with Gasteiger partial charge in [-0.05, 0) is 60.5 Å². The van der Waals surface area contributed by atoms with E-state index in [-0.39, 0.29) is 18.5 Å². The van der Waals surface area contributed by atoms with Crippen LogP contribution in [0.4, 0.5) is 5.69 Å². The van der Waals surface area contributed by atoms with Crippen LogP contribution in [0.3, 0.4) is 0 Å². The summed E-state index contributed by atoms with van der Waals surface area (Å²) in [7, 11) is 1.56. The number of hydrogen-bond donors (Lipinski definition) is 1. The molecule has 164 valence electrons. The number of carbonyl (C=O) groups is 2. The van der Waals surface area contributed by atoms with Crippen molar-refractivity contribution in [2.45, 2.75) is 19.6 Å². The van der Waals surface area contributed by atoms with Crippen LogP contribution >= 0.6 is 0 Å². The van der Waals surface area contributed by atoms with Crippen LogP contribution in [-0.4, -0.2) is 41.5 Å².